The number of hydrogen-bond donors (Lipinski definition) is 1. The molecule has 0 aromatic heterocycles. The zero-order valence-electron chi connectivity index (χ0n) is 15.1. The van der Waals surface area contributed by atoms with Crippen LogP contribution in [0.1, 0.15) is 69.3 Å². The number of likely N-dealkylation sites (N-methyl/N-ethyl adjacent to an activating group) is 1. The van der Waals surface area contributed by atoms with Crippen LogP contribution in [-0.2, 0) is 9.59 Å². The Bertz CT molecular complexity index is 381. The molecule has 0 aliphatic rings. The summed E-state index contributed by atoms with van der Waals surface area (Å²) >= 11 is 0. The Balaban J connectivity index is 4.20. The number of rotatable bonds is 11. The predicted octanol–water partition coefficient (Wildman–Crippen LogP) is 3.19. The number of unbranched alkanes of at least 4 members (excludes halogenated alkanes) is 5. The monoisotopic (exact) mass is 271 g/mol. The van der Waals surface area contributed by atoms with Crippen molar-refractivity contribution in [3.05, 3.63) is 0 Å². The van der Waals surface area contributed by atoms with Crippen LogP contribution in [0.4, 0.5) is 0 Å². The molecule has 4 nitrogen and oxygen atoms in total. The first kappa shape index (κ1) is 12.8. The number of hydrogen-bond acceptors (Lipinski definition) is 3. The van der Waals surface area contributed by atoms with Gasteiger partial charge in [-0.25, -0.2) is 0 Å². The van der Waals surface area contributed by atoms with E-state index in [1.807, 2.05) is 0 Å². The van der Waals surface area contributed by atoms with E-state index in [0.717, 1.165) is 24.2 Å². The van der Waals surface area contributed by atoms with Crippen LogP contribution < -0.4 is 0 Å². The van der Waals surface area contributed by atoms with Crippen LogP contribution in [0.15, 0.2) is 0 Å². The quantitative estimate of drug-likeness (QED) is 0.356. The van der Waals surface area contributed by atoms with E-state index in [2.05, 4.69) is 6.92 Å². The Hall–Kier alpha value is -1.19. The van der Waals surface area contributed by atoms with Crippen molar-refractivity contribution >= 4 is 17.4 Å². The number of carbonyl (C=O) groups is 2. The fraction of sp³-hybridized carbons (Fsp3) is 0.800. The number of Topliss-reactive ketones (excluding diaryl/α,β-unsaturated/α-hetero) is 2. The third-order valence-electron chi connectivity index (χ3n) is 2.88. The summed E-state index contributed by atoms with van der Waals surface area (Å²) in [4.78, 5) is 23.7. The second kappa shape index (κ2) is 10.7. The van der Waals surface area contributed by atoms with E-state index in [0.29, 0.717) is 6.42 Å². The van der Waals surface area contributed by atoms with Crippen molar-refractivity contribution < 1.29 is 13.7 Å². The largest absolute Gasteiger partial charge is 0.356 e. The lowest BCUT2D eigenvalue weighted by Gasteiger charge is -2.17. The van der Waals surface area contributed by atoms with Gasteiger partial charge in [-0.15, -0.1) is 0 Å². The molecule has 0 radical (unpaired) electrons. The molecule has 0 fully saturated rings. The highest BCUT2D eigenvalue weighted by molar-refractivity contribution is 6.00. The first-order valence-electron chi connectivity index (χ1n) is 8.54. The average molecular weight is 271 g/mol. The number of ketones is 2. The van der Waals surface area contributed by atoms with Crippen LogP contribution in [0.25, 0.3) is 0 Å². The molecule has 0 rings (SSSR count). The van der Waals surface area contributed by atoms with E-state index in [1.54, 1.807) is 0 Å². The standard InChI is InChI=1S/C15H28N2O2/c1-4-5-6-7-8-9-10-14(19)11-15(16)17(3)12-13(2)18/h16H,4-12H2,1-3H3/i3D3. The van der Waals surface area contributed by atoms with Gasteiger partial charge in [0, 0.05) is 17.5 Å². The molecule has 0 aliphatic heterocycles. The van der Waals surface area contributed by atoms with Gasteiger partial charge in [0.1, 0.15) is 17.4 Å². The molecule has 0 saturated carbocycles. The molecule has 0 aromatic rings. The molecule has 0 saturated heterocycles. The van der Waals surface area contributed by atoms with Gasteiger partial charge in [0.05, 0.1) is 13.0 Å². The summed E-state index contributed by atoms with van der Waals surface area (Å²) in [6.45, 7) is 0.486. The van der Waals surface area contributed by atoms with E-state index in [4.69, 9.17) is 9.52 Å². The molecule has 0 unspecified atom stereocenters. The van der Waals surface area contributed by atoms with Crippen LogP contribution in [0.5, 0.6) is 0 Å². The molecular formula is C15H28N2O2. The zero-order chi connectivity index (χ0) is 17.2. The third-order valence-corrected chi connectivity index (χ3v) is 2.88. The van der Waals surface area contributed by atoms with Crippen LogP contribution in [0.3, 0.4) is 0 Å². The van der Waals surface area contributed by atoms with E-state index >= 15 is 0 Å². The second-order valence-electron chi connectivity index (χ2n) is 4.97. The minimum absolute atomic E-state index is 0.140. The van der Waals surface area contributed by atoms with Gasteiger partial charge in [-0.3, -0.25) is 15.0 Å². The molecule has 0 atom stereocenters. The third kappa shape index (κ3) is 10.4. The van der Waals surface area contributed by atoms with Crippen molar-refractivity contribution in [1.82, 2.24) is 4.90 Å². The average Bonchev–Trinajstić information content (AvgIpc) is 2.38. The fourth-order valence-corrected chi connectivity index (χ4v) is 1.79. The fourth-order valence-electron chi connectivity index (χ4n) is 1.79. The highest BCUT2D eigenvalue weighted by atomic mass is 16.1. The topological polar surface area (TPSA) is 61.2 Å². The van der Waals surface area contributed by atoms with Crippen molar-refractivity contribution in [2.45, 2.75) is 65.2 Å². The van der Waals surface area contributed by atoms with Crippen LogP contribution in [-0.4, -0.2) is 35.8 Å². The lowest BCUT2D eigenvalue weighted by atomic mass is 10.1. The van der Waals surface area contributed by atoms with Crippen LogP contribution in [0, 0.1) is 5.41 Å². The normalized spacial score (nSPS) is 13.3. The van der Waals surface area contributed by atoms with E-state index in [-0.39, 0.29) is 30.4 Å². The SMILES string of the molecule is [2H]C([2H])([2H])N(CC(C)=O)C(=N)CC(=O)CCCCCCCC. The Kier molecular flexibility index (Phi) is 7.23. The highest BCUT2D eigenvalue weighted by Crippen LogP contribution is 2.08. The van der Waals surface area contributed by atoms with Gasteiger partial charge >= 0.3 is 0 Å². The van der Waals surface area contributed by atoms with Crippen molar-refractivity contribution in [1.29, 1.82) is 5.41 Å². The maximum absolute atomic E-state index is 11.8. The van der Waals surface area contributed by atoms with Crippen molar-refractivity contribution in [3.8, 4) is 0 Å². The lowest BCUT2D eigenvalue weighted by molar-refractivity contribution is -0.119. The summed E-state index contributed by atoms with van der Waals surface area (Å²) in [5, 5.41) is 7.79. The Labute approximate surface area is 121 Å². The van der Waals surface area contributed by atoms with Gasteiger partial charge in [-0.05, 0) is 13.3 Å². The smallest absolute Gasteiger partial charge is 0.149 e. The van der Waals surface area contributed by atoms with Gasteiger partial charge in [-0.1, -0.05) is 39.0 Å². The van der Waals surface area contributed by atoms with E-state index in [9.17, 15) is 9.59 Å². The van der Waals surface area contributed by atoms with Gasteiger partial charge in [0.15, 0.2) is 0 Å². The first-order valence-corrected chi connectivity index (χ1v) is 7.04. The van der Waals surface area contributed by atoms with Gasteiger partial charge < -0.3 is 4.90 Å². The molecule has 0 bridgehead atoms. The number of carbonyl (C=O) groups excluding carboxylic acids is 2. The number of nitrogens with zero attached hydrogens (tertiary/aromatic N) is 1. The van der Waals surface area contributed by atoms with Gasteiger partial charge in [0.25, 0.3) is 0 Å². The molecule has 0 aromatic carbocycles. The molecule has 0 amide bonds. The lowest BCUT2D eigenvalue weighted by Crippen LogP contribution is -2.31. The summed E-state index contributed by atoms with van der Waals surface area (Å²) in [5.74, 6) is -0.784. The van der Waals surface area contributed by atoms with Gasteiger partial charge in [0.2, 0.25) is 0 Å². The molecule has 0 heterocycles. The molecular weight excluding hydrogens is 240 g/mol. The number of amidine groups is 1. The Morgan fingerprint density at radius 3 is 2.37 bits per heavy atom. The molecule has 0 spiro atoms. The van der Waals surface area contributed by atoms with E-state index in [1.165, 1.54) is 26.2 Å². The van der Waals surface area contributed by atoms with E-state index < -0.39 is 6.98 Å². The minimum atomic E-state index is -2.57. The maximum atomic E-state index is 11.8. The van der Waals surface area contributed by atoms with Gasteiger partial charge in [-0.2, -0.15) is 0 Å². The van der Waals surface area contributed by atoms with Crippen molar-refractivity contribution in [2.75, 3.05) is 13.5 Å². The minimum Gasteiger partial charge on any atom is -0.356 e. The second-order valence-corrected chi connectivity index (χ2v) is 4.97. The molecule has 19 heavy (non-hydrogen) atoms. The van der Waals surface area contributed by atoms with Crippen molar-refractivity contribution in [3.63, 3.8) is 0 Å². The number of nitrogens with one attached hydrogen (secondary N) is 1. The van der Waals surface area contributed by atoms with Crippen molar-refractivity contribution in [2.24, 2.45) is 0 Å². The molecule has 1 N–H and O–H groups in total. The Morgan fingerprint density at radius 1 is 1.16 bits per heavy atom. The first-order chi connectivity index (χ1) is 10.2. The molecule has 4 heteroatoms. The maximum Gasteiger partial charge on any atom is 0.149 e. The summed E-state index contributed by atoms with van der Waals surface area (Å²) in [5.41, 5.74) is 0. The highest BCUT2D eigenvalue weighted by Gasteiger charge is 2.11. The zero-order valence-corrected chi connectivity index (χ0v) is 12.1. The molecule has 110 valence electrons. The molecule has 0 aliphatic carbocycles. The van der Waals surface area contributed by atoms with Crippen LogP contribution in [0.2, 0.25) is 0 Å². The van der Waals surface area contributed by atoms with Crippen LogP contribution >= 0.6 is 0 Å². The summed E-state index contributed by atoms with van der Waals surface area (Å²) in [7, 11) is 0. The summed E-state index contributed by atoms with van der Waals surface area (Å²) in [6, 6.07) is 0. The summed E-state index contributed by atoms with van der Waals surface area (Å²) in [6.07, 6.45) is 6.56. The Morgan fingerprint density at radius 2 is 1.79 bits per heavy atom. The predicted molar refractivity (Wildman–Crippen MR) is 78.7 cm³/mol. The summed E-state index contributed by atoms with van der Waals surface area (Å²) < 4.78 is 22.0.